The number of hydrogen-bond acceptors (Lipinski definition) is 3. The largest absolute Gasteiger partial charge is 0.390 e. The van der Waals surface area contributed by atoms with Crippen molar-refractivity contribution >= 4 is 23.2 Å². The number of halogens is 2. The first kappa shape index (κ1) is 16.1. The van der Waals surface area contributed by atoms with Crippen molar-refractivity contribution in [1.82, 2.24) is 4.90 Å². The van der Waals surface area contributed by atoms with E-state index >= 15 is 0 Å². The summed E-state index contributed by atoms with van der Waals surface area (Å²) < 4.78 is 14.2. The van der Waals surface area contributed by atoms with Gasteiger partial charge >= 0.3 is 0 Å². The predicted molar refractivity (Wildman–Crippen MR) is 93.4 cm³/mol. The molecule has 2 heterocycles. The molecule has 1 fully saturated rings. The van der Waals surface area contributed by atoms with E-state index in [1.807, 2.05) is 31.2 Å². The second kappa shape index (κ2) is 6.15. The number of amides is 1. The van der Waals surface area contributed by atoms with Crippen LogP contribution in [0.3, 0.4) is 0 Å². The molecule has 128 valence electrons. The first-order valence-corrected chi connectivity index (χ1v) is 8.47. The highest BCUT2D eigenvalue weighted by atomic mass is 35.5. The van der Waals surface area contributed by atoms with Crippen LogP contribution in [-0.2, 0) is 4.84 Å². The molecule has 0 N–H and O–H groups in total. The number of nitrogens with zero attached hydrogens (tertiary/aromatic N) is 2. The number of oxime groups is 1. The third-order valence-corrected chi connectivity index (χ3v) is 5.10. The summed E-state index contributed by atoms with van der Waals surface area (Å²) in [5, 5.41) is 4.35. The molecule has 2 atom stereocenters. The average Bonchev–Trinajstić information content (AvgIpc) is 3.16. The average molecular weight is 359 g/mol. The highest BCUT2D eigenvalue weighted by molar-refractivity contribution is 6.34. The summed E-state index contributed by atoms with van der Waals surface area (Å²) in [6, 6.07) is 12.0. The fraction of sp³-hybridized carbons (Fsp3) is 0.263. The fourth-order valence-electron chi connectivity index (χ4n) is 3.46. The maximum atomic E-state index is 14.2. The summed E-state index contributed by atoms with van der Waals surface area (Å²) >= 11 is 6.16. The lowest BCUT2D eigenvalue weighted by molar-refractivity contribution is 0.0631. The van der Waals surface area contributed by atoms with Crippen LogP contribution in [0.4, 0.5) is 4.39 Å². The van der Waals surface area contributed by atoms with E-state index in [9.17, 15) is 9.18 Å². The lowest BCUT2D eigenvalue weighted by Gasteiger charge is -2.18. The molecule has 0 spiro atoms. The molecule has 4 rings (SSSR count). The highest BCUT2D eigenvalue weighted by Gasteiger charge is 2.45. The van der Waals surface area contributed by atoms with E-state index in [-0.39, 0.29) is 23.5 Å². The summed E-state index contributed by atoms with van der Waals surface area (Å²) in [6.07, 6.45) is -0.265. The quantitative estimate of drug-likeness (QED) is 0.822. The molecular weight excluding hydrogens is 343 g/mol. The van der Waals surface area contributed by atoms with Crippen LogP contribution in [0.2, 0.25) is 5.02 Å². The van der Waals surface area contributed by atoms with Gasteiger partial charge in [0.15, 0.2) is 6.10 Å². The topological polar surface area (TPSA) is 41.9 Å². The number of hydrogen-bond donors (Lipinski definition) is 0. The fourth-order valence-corrected chi connectivity index (χ4v) is 3.72. The Bertz CT molecular complexity index is 863. The van der Waals surface area contributed by atoms with E-state index in [2.05, 4.69) is 5.16 Å². The van der Waals surface area contributed by atoms with Gasteiger partial charge in [-0.1, -0.05) is 41.0 Å². The molecule has 0 aromatic heterocycles. The number of fused-ring (bicyclic) bond motifs is 1. The summed E-state index contributed by atoms with van der Waals surface area (Å²) in [7, 11) is 0. The van der Waals surface area contributed by atoms with Gasteiger partial charge in [0.05, 0.1) is 23.0 Å². The summed E-state index contributed by atoms with van der Waals surface area (Å²) in [5.74, 6) is -0.656. The van der Waals surface area contributed by atoms with Crippen molar-refractivity contribution in [2.24, 2.45) is 11.1 Å². The highest BCUT2D eigenvalue weighted by Crippen LogP contribution is 2.34. The number of benzene rings is 2. The summed E-state index contributed by atoms with van der Waals surface area (Å²) in [4.78, 5) is 20.0. The Balaban J connectivity index is 1.60. The Morgan fingerprint density at radius 2 is 2.04 bits per heavy atom. The molecule has 6 heteroatoms. The van der Waals surface area contributed by atoms with Crippen LogP contribution in [0, 0.1) is 18.7 Å². The van der Waals surface area contributed by atoms with Crippen molar-refractivity contribution in [1.29, 1.82) is 0 Å². The number of carbonyl (C=O) groups is 1. The molecular formula is C19H16ClFN2O2. The molecule has 25 heavy (non-hydrogen) atoms. The number of aryl methyl sites for hydroxylation is 1. The minimum atomic E-state index is -0.431. The van der Waals surface area contributed by atoms with Crippen LogP contribution in [0.15, 0.2) is 47.6 Å². The van der Waals surface area contributed by atoms with Crippen LogP contribution in [0.1, 0.15) is 21.5 Å². The van der Waals surface area contributed by atoms with E-state index in [0.29, 0.717) is 29.4 Å². The zero-order valence-electron chi connectivity index (χ0n) is 13.6. The van der Waals surface area contributed by atoms with Gasteiger partial charge in [0, 0.05) is 12.1 Å². The van der Waals surface area contributed by atoms with Crippen molar-refractivity contribution in [3.63, 3.8) is 0 Å². The van der Waals surface area contributed by atoms with Crippen LogP contribution in [0.5, 0.6) is 0 Å². The number of carbonyl (C=O) groups excluding carboxylic acids is 1. The van der Waals surface area contributed by atoms with Crippen LogP contribution in [-0.4, -0.2) is 35.7 Å². The molecule has 4 nitrogen and oxygen atoms in total. The molecule has 1 saturated heterocycles. The van der Waals surface area contributed by atoms with Gasteiger partial charge in [-0.05, 0) is 30.7 Å². The molecule has 0 aliphatic carbocycles. The van der Waals surface area contributed by atoms with Crippen LogP contribution < -0.4 is 0 Å². The van der Waals surface area contributed by atoms with E-state index in [1.54, 1.807) is 17.0 Å². The Hall–Kier alpha value is -2.40. The zero-order chi connectivity index (χ0) is 17.6. The summed E-state index contributed by atoms with van der Waals surface area (Å²) in [5.41, 5.74) is 2.34. The Labute approximate surface area is 149 Å². The first-order chi connectivity index (χ1) is 12.1. The molecule has 2 aromatic carbocycles. The zero-order valence-corrected chi connectivity index (χ0v) is 14.3. The minimum absolute atomic E-state index is 0.0462. The predicted octanol–water partition coefficient (Wildman–Crippen LogP) is 3.66. The third-order valence-electron chi connectivity index (χ3n) is 4.79. The maximum Gasteiger partial charge on any atom is 0.254 e. The molecule has 2 aliphatic heterocycles. The Morgan fingerprint density at radius 1 is 1.24 bits per heavy atom. The van der Waals surface area contributed by atoms with E-state index < -0.39 is 5.82 Å². The molecule has 0 bridgehead atoms. The van der Waals surface area contributed by atoms with Gasteiger partial charge < -0.3 is 9.74 Å². The molecule has 1 amide bonds. The smallest absolute Gasteiger partial charge is 0.254 e. The van der Waals surface area contributed by atoms with Crippen LogP contribution >= 0.6 is 11.6 Å². The van der Waals surface area contributed by atoms with Gasteiger partial charge in [0.2, 0.25) is 0 Å². The van der Waals surface area contributed by atoms with Gasteiger partial charge in [-0.25, -0.2) is 4.39 Å². The van der Waals surface area contributed by atoms with Gasteiger partial charge in [-0.2, -0.15) is 0 Å². The van der Waals surface area contributed by atoms with Crippen molar-refractivity contribution in [2.75, 3.05) is 13.1 Å². The van der Waals surface area contributed by atoms with Gasteiger partial charge in [0.1, 0.15) is 11.5 Å². The first-order valence-electron chi connectivity index (χ1n) is 8.09. The SMILES string of the molecule is Cc1ccccc1C(=O)N1CC2ON=C(c3c(F)cccc3Cl)C2C1. The standard InChI is InChI=1S/C19H16ClFN2O2/c1-11-5-2-3-6-12(11)19(24)23-9-13-16(10-23)25-22-18(13)17-14(20)7-4-8-15(17)21/h2-8,13,16H,9-10H2,1H3. The molecule has 2 aromatic rings. The number of rotatable bonds is 2. The Morgan fingerprint density at radius 3 is 2.80 bits per heavy atom. The van der Waals surface area contributed by atoms with Gasteiger partial charge in [-0.3, -0.25) is 4.79 Å². The second-order valence-corrected chi connectivity index (χ2v) is 6.76. The van der Waals surface area contributed by atoms with E-state index in [0.717, 1.165) is 5.56 Å². The Kier molecular flexibility index (Phi) is 3.96. The summed E-state index contributed by atoms with van der Waals surface area (Å²) in [6.45, 7) is 2.77. The molecule has 0 radical (unpaired) electrons. The van der Waals surface area contributed by atoms with Crippen molar-refractivity contribution in [3.05, 3.63) is 70.0 Å². The van der Waals surface area contributed by atoms with Crippen molar-refractivity contribution < 1.29 is 14.0 Å². The monoisotopic (exact) mass is 358 g/mol. The molecule has 0 saturated carbocycles. The second-order valence-electron chi connectivity index (χ2n) is 6.35. The maximum absolute atomic E-state index is 14.2. The van der Waals surface area contributed by atoms with E-state index in [4.69, 9.17) is 16.4 Å². The normalized spacial score (nSPS) is 21.7. The lowest BCUT2D eigenvalue weighted by Crippen LogP contribution is -2.31. The van der Waals surface area contributed by atoms with E-state index in [1.165, 1.54) is 6.07 Å². The minimum Gasteiger partial charge on any atom is -0.390 e. The van der Waals surface area contributed by atoms with Crippen molar-refractivity contribution in [3.8, 4) is 0 Å². The lowest BCUT2D eigenvalue weighted by atomic mass is 9.94. The molecule has 2 aliphatic rings. The van der Waals surface area contributed by atoms with Gasteiger partial charge in [0.25, 0.3) is 5.91 Å². The molecule has 2 unspecified atom stereocenters. The third kappa shape index (κ3) is 2.68. The van der Waals surface area contributed by atoms with Crippen molar-refractivity contribution in [2.45, 2.75) is 13.0 Å². The number of likely N-dealkylation sites (tertiary alicyclic amines) is 1. The van der Waals surface area contributed by atoms with Crippen LogP contribution in [0.25, 0.3) is 0 Å². The van der Waals surface area contributed by atoms with Gasteiger partial charge in [-0.15, -0.1) is 0 Å².